The van der Waals surface area contributed by atoms with E-state index in [0.717, 1.165) is 18.4 Å². The van der Waals surface area contributed by atoms with Crippen LogP contribution in [-0.4, -0.2) is 31.3 Å². The van der Waals surface area contributed by atoms with Gasteiger partial charge in [0.25, 0.3) is 5.91 Å². The zero-order valence-corrected chi connectivity index (χ0v) is 15.2. The van der Waals surface area contributed by atoms with Gasteiger partial charge in [-0.25, -0.2) is 4.79 Å². The van der Waals surface area contributed by atoms with Crippen molar-refractivity contribution in [3.8, 4) is 11.5 Å². The van der Waals surface area contributed by atoms with Crippen LogP contribution in [0, 0.1) is 11.8 Å². The second kappa shape index (κ2) is 8.25. The van der Waals surface area contributed by atoms with Crippen LogP contribution in [0.2, 0.25) is 0 Å². The Morgan fingerprint density at radius 2 is 2.04 bits per heavy atom. The summed E-state index contributed by atoms with van der Waals surface area (Å²) in [6, 6.07) is 5.54. The maximum Gasteiger partial charge on any atom is 0.331 e. The Kier molecular flexibility index (Phi) is 5.81. The van der Waals surface area contributed by atoms with E-state index in [1.54, 1.807) is 18.2 Å². The molecule has 0 spiro atoms. The molecule has 2 aliphatic rings. The molecule has 3 rings (SSSR count). The molecule has 3 atom stereocenters. The quantitative estimate of drug-likeness (QED) is 0.646. The average Bonchev–Trinajstić information content (AvgIpc) is 3.10. The summed E-state index contributed by atoms with van der Waals surface area (Å²) in [5.74, 6) is 1.57. The van der Waals surface area contributed by atoms with Gasteiger partial charge in [0.05, 0.1) is 0 Å². The molecule has 0 aromatic heterocycles. The Balaban J connectivity index is 1.44. The molecular weight excluding hydrogens is 334 g/mol. The first kappa shape index (κ1) is 18.3. The average molecular weight is 359 g/mol. The highest BCUT2D eigenvalue weighted by Crippen LogP contribution is 2.32. The molecule has 1 aliphatic carbocycles. The van der Waals surface area contributed by atoms with Gasteiger partial charge in [0.2, 0.25) is 6.79 Å². The number of amides is 1. The summed E-state index contributed by atoms with van der Waals surface area (Å²) < 4.78 is 15.6. The van der Waals surface area contributed by atoms with E-state index in [1.165, 1.54) is 12.5 Å². The molecule has 1 aromatic rings. The summed E-state index contributed by atoms with van der Waals surface area (Å²) in [6.07, 6.45) is 6.22. The van der Waals surface area contributed by atoms with Crippen LogP contribution in [0.15, 0.2) is 24.3 Å². The van der Waals surface area contributed by atoms with E-state index >= 15 is 0 Å². The van der Waals surface area contributed by atoms with Crippen molar-refractivity contribution in [3.05, 3.63) is 29.8 Å². The SMILES string of the molecule is C[C@@H]1[C@H](C)CCC[C@H]1NC(=O)COC(=O)/C=C/c1ccc2c(c1)OCO2. The lowest BCUT2D eigenvalue weighted by Crippen LogP contribution is -2.45. The summed E-state index contributed by atoms with van der Waals surface area (Å²) in [5, 5.41) is 2.99. The number of fused-ring (bicyclic) bond motifs is 1. The molecule has 0 unspecified atom stereocenters. The summed E-state index contributed by atoms with van der Waals surface area (Å²) >= 11 is 0. The van der Waals surface area contributed by atoms with Gasteiger partial charge in [-0.3, -0.25) is 4.79 Å². The molecule has 6 heteroatoms. The first-order chi connectivity index (χ1) is 12.5. The molecule has 1 N–H and O–H groups in total. The molecule has 1 aliphatic heterocycles. The Labute approximate surface area is 153 Å². The summed E-state index contributed by atoms with van der Waals surface area (Å²) in [4.78, 5) is 23.8. The lowest BCUT2D eigenvalue weighted by molar-refractivity contribution is -0.144. The molecular formula is C20H25NO5. The van der Waals surface area contributed by atoms with E-state index in [1.807, 2.05) is 6.07 Å². The van der Waals surface area contributed by atoms with Gasteiger partial charge >= 0.3 is 5.97 Å². The van der Waals surface area contributed by atoms with Crippen LogP contribution < -0.4 is 14.8 Å². The van der Waals surface area contributed by atoms with Gasteiger partial charge in [-0.15, -0.1) is 0 Å². The van der Waals surface area contributed by atoms with E-state index in [0.29, 0.717) is 23.3 Å². The van der Waals surface area contributed by atoms with Crippen LogP contribution >= 0.6 is 0 Å². The van der Waals surface area contributed by atoms with Crippen molar-refractivity contribution in [1.29, 1.82) is 0 Å². The van der Waals surface area contributed by atoms with E-state index in [-0.39, 0.29) is 25.3 Å². The van der Waals surface area contributed by atoms with E-state index < -0.39 is 5.97 Å². The van der Waals surface area contributed by atoms with Gasteiger partial charge < -0.3 is 19.5 Å². The van der Waals surface area contributed by atoms with Gasteiger partial charge in [-0.1, -0.05) is 32.8 Å². The lowest BCUT2D eigenvalue weighted by atomic mass is 9.78. The second-order valence-electron chi connectivity index (χ2n) is 7.00. The summed E-state index contributed by atoms with van der Waals surface area (Å²) in [5.41, 5.74) is 0.792. The predicted octanol–water partition coefficient (Wildman–Crippen LogP) is 2.91. The van der Waals surface area contributed by atoms with Crippen molar-refractivity contribution in [2.45, 2.75) is 39.2 Å². The van der Waals surface area contributed by atoms with Gasteiger partial charge in [0.15, 0.2) is 18.1 Å². The zero-order chi connectivity index (χ0) is 18.5. The number of carbonyl (C=O) groups is 2. The third kappa shape index (κ3) is 4.56. The van der Waals surface area contributed by atoms with Crippen LogP contribution in [0.3, 0.4) is 0 Å². The van der Waals surface area contributed by atoms with Crippen molar-refractivity contribution in [2.24, 2.45) is 11.8 Å². The largest absolute Gasteiger partial charge is 0.454 e. The van der Waals surface area contributed by atoms with Crippen molar-refractivity contribution >= 4 is 18.0 Å². The van der Waals surface area contributed by atoms with Crippen LogP contribution in [0.4, 0.5) is 0 Å². The highest BCUT2D eigenvalue weighted by molar-refractivity contribution is 5.89. The summed E-state index contributed by atoms with van der Waals surface area (Å²) in [6.45, 7) is 4.32. The van der Waals surface area contributed by atoms with Gasteiger partial charge in [-0.2, -0.15) is 0 Å². The fourth-order valence-electron chi connectivity index (χ4n) is 3.40. The Bertz CT molecular complexity index is 699. The lowest BCUT2D eigenvalue weighted by Gasteiger charge is -2.34. The third-order valence-electron chi connectivity index (χ3n) is 5.21. The van der Waals surface area contributed by atoms with Gasteiger partial charge in [-0.05, 0) is 42.0 Å². The molecule has 1 fully saturated rings. The Morgan fingerprint density at radius 1 is 1.23 bits per heavy atom. The van der Waals surface area contributed by atoms with Crippen LogP contribution in [-0.2, 0) is 14.3 Å². The Morgan fingerprint density at radius 3 is 2.88 bits per heavy atom. The smallest absolute Gasteiger partial charge is 0.331 e. The molecule has 0 saturated heterocycles. The second-order valence-corrected chi connectivity index (χ2v) is 7.00. The van der Waals surface area contributed by atoms with Crippen molar-refractivity contribution < 1.29 is 23.8 Å². The van der Waals surface area contributed by atoms with Crippen molar-refractivity contribution in [2.75, 3.05) is 13.4 Å². The highest BCUT2D eigenvalue weighted by Gasteiger charge is 2.28. The maximum absolute atomic E-state index is 12.0. The van der Waals surface area contributed by atoms with Crippen LogP contribution in [0.1, 0.15) is 38.7 Å². The monoisotopic (exact) mass is 359 g/mol. The van der Waals surface area contributed by atoms with Crippen molar-refractivity contribution in [3.63, 3.8) is 0 Å². The van der Waals surface area contributed by atoms with E-state index in [9.17, 15) is 9.59 Å². The number of benzene rings is 1. The molecule has 1 aromatic carbocycles. The minimum Gasteiger partial charge on any atom is -0.454 e. The zero-order valence-electron chi connectivity index (χ0n) is 15.2. The third-order valence-corrected chi connectivity index (χ3v) is 5.21. The fourth-order valence-corrected chi connectivity index (χ4v) is 3.40. The van der Waals surface area contributed by atoms with E-state index in [4.69, 9.17) is 14.2 Å². The van der Waals surface area contributed by atoms with Crippen molar-refractivity contribution in [1.82, 2.24) is 5.32 Å². The molecule has 1 amide bonds. The fraction of sp³-hybridized carbons (Fsp3) is 0.500. The number of carbonyl (C=O) groups excluding carboxylic acids is 2. The van der Waals surface area contributed by atoms with Crippen LogP contribution in [0.25, 0.3) is 6.08 Å². The van der Waals surface area contributed by atoms with Gasteiger partial charge in [0, 0.05) is 12.1 Å². The first-order valence-corrected chi connectivity index (χ1v) is 9.07. The molecule has 26 heavy (non-hydrogen) atoms. The molecule has 0 radical (unpaired) electrons. The molecule has 0 bridgehead atoms. The van der Waals surface area contributed by atoms with E-state index in [2.05, 4.69) is 19.2 Å². The molecule has 6 nitrogen and oxygen atoms in total. The molecule has 1 heterocycles. The number of rotatable bonds is 5. The predicted molar refractivity (Wildman–Crippen MR) is 96.7 cm³/mol. The van der Waals surface area contributed by atoms with Gasteiger partial charge in [0.1, 0.15) is 0 Å². The number of hydrogen-bond donors (Lipinski definition) is 1. The summed E-state index contributed by atoms with van der Waals surface area (Å²) in [7, 11) is 0. The highest BCUT2D eigenvalue weighted by atomic mass is 16.7. The molecule has 140 valence electrons. The first-order valence-electron chi connectivity index (χ1n) is 9.07. The number of nitrogens with one attached hydrogen (secondary N) is 1. The minimum absolute atomic E-state index is 0.161. The number of ether oxygens (including phenoxy) is 3. The standard InChI is InChI=1S/C20H25NO5/c1-13-4-3-5-16(14(13)2)21-19(22)11-24-20(23)9-7-15-6-8-17-18(10-15)26-12-25-17/h6-10,13-14,16H,3-5,11-12H2,1-2H3,(H,21,22)/b9-7+/t13-,14-,16-/m1/s1. The minimum atomic E-state index is -0.553. The maximum atomic E-state index is 12.0. The molecule has 1 saturated carbocycles. The normalized spacial score (nSPS) is 24.5. The topological polar surface area (TPSA) is 73.9 Å². The van der Waals surface area contributed by atoms with Crippen LogP contribution in [0.5, 0.6) is 11.5 Å². The number of esters is 1. The Hall–Kier alpha value is -2.50. The number of hydrogen-bond acceptors (Lipinski definition) is 5.